The van der Waals surface area contributed by atoms with E-state index in [1.54, 1.807) is 6.92 Å². The molecule has 6 heteroatoms. The van der Waals surface area contributed by atoms with Crippen LogP contribution in [0.15, 0.2) is 30.3 Å². The molecule has 0 aliphatic heterocycles. The number of hydrogen-bond donors (Lipinski definition) is 1. The maximum Gasteiger partial charge on any atom is 0.310 e. The summed E-state index contributed by atoms with van der Waals surface area (Å²) in [5.74, 6) is -1.52. The Hall–Kier alpha value is -1.40. The van der Waals surface area contributed by atoms with Gasteiger partial charge < -0.3 is 5.11 Å². The molecule has 0 amide bonds. The van der Waals surface area contributed by atoms with E-state index in [1.165, 1.54) is 18.2 Å². The third-order valence-electron chi connectivity index (χ3n) is 3.07. The highest BCUT2D eigenvalue weighted by atomic mass is 32.2. The lowest BCUT2D eigenvalue weighted by atomic mass is 9.97. The first kappa shape index (κ1) is 16.7. The van der Waals surface area contributed by atoms with Crippen LogP contribution in [0.2, 0.25) is 0 Å². The SMILES string of the molecule is CCN(Cc1ccccc1)S(=O)(=O)CC(C)(C)C(=O)O. The standard InChI is InChI=1S/C14H21NO4S/c1-4-15(10-12-8-6-5-7-9-12)20(18,19)11-14(2,3)13(16)17/h5-9H,4,10-11H2,1-3H3,(H,16,17). The lowest BCUT2D eigenvalue weighted by molar-refractivity contribution is -0.145. The highest BCUT2D eigenvalue weighted by Gasteiger charge is 2.35. The van der Waals surface area contributed by atoms with E-state index in [0.29, 0.717) is 6.54 Å². The van der Waals surface area contributed by atoms with Crippen LogP contribution in [0.1, 0.15) is 26.3 Å². The minimum absolute atomic E-state index is 0.259. The van der Waals surface area contributed by atoms with Crippen molar-refractivity contribution in [2.24, 2.45) is 5.41 Å². The Morgan fingerprint density at radius 3 is 2.25 bits per heavy atom. The maximum atomic E-state index is 12.3. The number of benzene rings is 1. The fourth-order valence-corrected chi connectivity index (χ4v) is 3.76. The first-order valence-electron chi connectivity index (χ1n) is 6.44. The third-order valence-corrected chi connectivity index (χ3v) is 5.33. The zero-order valence-corrected chi connectivity index (χ0v) is 12.9. The lowest BCUT2D eigenvalue weighted by Crippen LogP contribution is -2.40. The van der Waals surface area contributed by atoms with Crippen molar-refractivity contribution >= 4 is 16.0 Å². The van der Waals surface area contributed by atoms with Crippen molar-refractivity contribution in [2.75, 3.05) is 12.3 Å². The first-order chi connectivity index (χ1) is 9.19. The summed E-state index contributed by atoms with van der Waals surface area (Å²) in [6.45, 7) is 5.16. The molecule has 1 aromatic carbocycles. The van der Waals surface area contributed by atoms with E-state index in [9.17, 15) is 13.2 Å². The topological polar surface area (TPSA) is 74.7 Å². The Bertz CT molecular complexity index is 552. The maximum absolute atomic E-state index is 12.3. The van der Waals surface area contributed by atoms with Crippen molar-refractivity contribution in [1.29, 1.82) is 0 Å². The second kappa shape index (κ2) is 6.37. The molecule has 0 spiro atoms. The second-order valence-corrected chi connectivity index (χ2v) is 7.33. The van der Waals surface area contributed by atoms with Crippen molar-refractivity contribution in [3.63, 3.8) is 0 Å². The van der Waals surface area contributed by atoms with Crippen molar-refractivity contribution in [2.45, 2.75) is 27.3 Å². The summed E-state index contributed by atoms with van der Waals surface area (Å²) in [5, 5.41) is 9.07. The number of sulfonamides is 1. The predicted molar refractivity (Wildman–Crippen MR) is 77.7 cm³/mol. The molecule has 0 aromatic heterocycles. The Balaban J connectivity index is 2.91. The summed E-state index contributed by atoms with van der Waals surface area (Å²) in [6.07, 6.45) is 0. The van der Waals surface area contributed by atoms with Crippen molar-refractivity contribution < 1.29 is 18.3 Å². The van der Waals surface area contributed by atoms with E-state index >= 15 is 0 Å². The highest BCUT2D eigenvalue weighted by Crippen LogP contribution is 2.21. The zero-order chi connectivity index (χ0) is 15.4. The zero-order valence-electron chi connectivity index (χ0n) is 12.0. The average Bonchev–Trinajstić information content (AvgIpc) is 2.35. The van der Waals surface area contributed by atoms with Gasteiger partial charge in [0.15, 0.2) is 0 Å². The molecule has 1 rings (SSSR count). The smallest absolute Gasteiger partial charge is 0.310 e. The first-order valence-corrected chi connectivity index (χ1v) is 8.05. The highest BCUT2D eigenvalue weighted by molar-refractivity contribution is 7.89. The molecule has 0 atom stereocenters. The monoisotopic (exact) mass is 299 g/mol. The number of carbonyl (C=O) groups is 1. The van der Waals surface area contributed by atoms with E-state index in [-0.39, 0.29) is 6.54 Å². The predicted octanol–water partition coefficient (Wildman–Crippen LogP) is 1.95. The van der Waals surface area contributed by atoms with Gasteiger partial charge in [-0.05, 0) is 19.4 Å². The lowest BCUT2D eigenvalue weighted by Gasteiger charge is -2.25. The molecular formula is C14H21NO4S. The quantitative estimate of drug-likeness (QED) is 0.835. The molecule has 20 heavy (non-hydrogen) atoms. The number of nitrogens with zero attached hydrogens (tertiary/aromatic N) is 1. The van der Waals surface area contributed by atoms with Gasteiger partial charge in [0.25, 0.3) is 0 Å². The van der Waals surface area contributed by atoms with Gasteiger partial charge in [-0.3, -0.25) is 4.79 Å². The van der Waals surface area contributed by atoms with Gasteiger partial charge in [-0.1, -0.05) is 37.3 Å². The molecule has 0 saturated carbocycles. The Morgan fingerprint density at radius 2 is 1.80 bits per heavy atom. The summed E-state index contributed by atoms with van der Waals surface area (Å²) < 4.78 is 26.0. The average molecular weight is 299 g/mol. The van der Waals surface area contributed by atoms with Crippen LogP contribution in [0.25, 0.3) is 0 Å². The number of carboxylic acid groups (broad SMARTS) is 1. The van der Waals surface area contributed by atoms with E-state index in [4.69, 9.17) is 5.11 Å². The van der Waals surface area contributed by atoms with Gasteiger partial charge in [0.1, 0.15) is 0 Å². The van der Waals surface area contributed by atoms with Crippen LogP contribution in [-0.4, -0.2) is 36.1 Å². The number of rotatable bonds is 7. The van der Waals surface area contributed by atoms with Gasteiger partial charge in [0, 0.05) is 13.1 Å². The van der Waals surface area contributed by atoms with Crippen LogP contribution in [0.5, 0.6) is 0 Å². The summed E-state index contributed by atoms with van der Waals surface area (Å²) in [4.78, 5) is 11.1. The number of aliphatic carboxylic acids is 1. The fourth-order valence-electron chi connectivity index (χ4n) is 1.80. The normalized spacial score (nSPS) is 12.6. The number of carboxylic acids is 1. The molecule has 5 nitrogen and oxygen atoms in total. The number of hydrogen-bond acceptors (Lipinski definition) is 3. The summed E-state index contributed by atoms with van der Waals surface area (Å²) in [6, 6.07) is 9.25. The van der Waals surface area contributed by atoms with Crippen LogP contribution in [-0.2, 0) is 21.4 Å². The molecule has 1 aromatic rings. The minimum Gasteiger partial charge on any atom is -0.481 e. The van der Waals surface area contributed by atoms with Crippen LogP contribution in [0.4, 0.5) is 0 Å². The molecule has 0 fully saturated rings. The van der Waals surface area contributed by atoms with E-state index in [0.717, 1.165) is 5.56 Å². The Kier molecular flexibility index (Phi) is 5.30. The van der Waals surface area contributed by atoms with E-state index < -0.39 is 27.2 Å². The van der Waals surface area contributed by atoms with E-state index in [2.05, 4.69) is 0 Å². The molecule has 1 N–H and O–H groups in total. The summed E-state index contributed by atoms with van der Waals surface area (Å²) in [7, 11) is -3.62. The summed E-state index contributed by atoms with van der Waals surface area (Å²) in [5.41, 5.74) is -0.422. The van der Waals surface area contributed by atoms with Crippen molar-refractivity contribution in [3.05, 3.63) is 35.9 Å². The summed E-state index contributed by atoms with van der Waals surface area (Å²) >= 11 is 0. The van der Waals surface area contributed by atoms with Gasteiger partial charge in [-0.25, -0.2) is 8.42 Å². The second-order valence-electron chi connectivity index (χ2n) is 5.36. The van der Waals surface area contributed by atoms with Crippen LogP contribution in [0, 0.1) is 5.41 Å². The largest absolute Gasteiger partial charge is 0.481 e. The van der Waals surface area contributed by atoms with Crippen molar-refractivity contribution in [3.8, 4) is 0 Å². The molecular weight excluding hydrogens is 278 g/mol. The molecule has 0 aliphatic carbocycles. The van der Waals surface area contributed by atoms with Crippen LogP contribution in [0.3, 0.4) is 0 Å². The Labute approximate surface area is 120 Å². The minimum atomic E-state index is -3.62. The van der Waals surface area contributed by atoms with Crippen LogP contribution >= 0.6 is 0 Å². The van der Waals surface area contributed by atoms with Gasteiger partial charge >= 0.3 is 5.97 Å². The van der Waals surface area contributed by atoms with Gasteiger partial charge in [0.05, 0.1) is 11.2 Å². The Morgan fingerprint density at radius 1 is 1.25 bits per heavy atom. The fraction of sp³-hybridized carbons (Fsp3) is 0.500. The van der Waals surface area contributed by atoms with Gasteiger partial charge in [-0.15, -0.1) is 0 Å². The molecule has 0 heterocycles. The van der Waals surface area contributed by atoms with Gasteiger partial charge in [-0.2, -0.15) is 4.31 Å². The van der Waals surface area contributed by atoms with Crippen molar-refractivity contribution in [1.82, 2.24) is 4.31 Å². The third kappa shape index (κ3) is 4.31. The van der Waals surface area contributed by atoms with Gasteiger partial charge in [0.2, 0.25) is 10.0 Å². The van der Waals surface area contributed by atoms with Crippen LogP contribution < -0.4 is 0 Å². The molecule has 0 aliphatic rings. The molecule has 0 radical (unpaired) electrons. The molecule has 0 unspecified atom stereocenters. The molecule has 0 saturated heterocycles. The van der Waals surface area contributed by atoms with E-state index in [1.807, 2.05) is 30.3 Å². The molecule has 0 bridgehead atoms. The molecule has 112 valence electrons.